The molecule has 0 bridgehead atoms. The standard InChI is InChI=1S/C12H11N5/c1-2-11(3-12-10(1)7-16-17-12)15-6-9-4-13-8-14-5-9/h1-5,7-8,15H,6H2,(H,16,17). The van der Waals surface area contributed by atoms with Crippen molar-refractivity contribution in [3.05, 3.63) is 48.7 Å². The van der Waals surface area contributed by atoms with Crippen LogP contribution in [0.1, 0.15) is 5.56 Å². The normalized spacial score (nSPS) is 10.6. The van der Waals surface area contributed by atoms with E-state index in [4.69, 9.17) is 0 Å². The molecule has 0 aliphatic rings. The zero-order valence-electron chi connectivity index (χ0n) is 9.09. The molecule has 84 valence electrons. The highest BCUT2D eigenvalue weighted by atomic mass is 15.1. The van der Waals surface area contributed by atoms with Crippen molar-refractivity contribution in [2.75, 3.05) is 5.32 Å². The molecule has 0 atom stereocenters. The topological polar surface area (TPSA) is 66.5 Å². The number of hydrogen-bond donors (Lipinski definition) is 2. The molecule has 0 unspecified atom stereocenters. The molecule has 0 radical (unpaired) electrons. The molecule has 3 aromatic rings. The van der Waals surface area contributed by atoms with Crippen molar-refractivity contribution < 1.29 is 0 Å². The van der Waals surface area contributed by atoms with Crippen molar-refractivity contribution in [2.45, 2.75) is 6.54 Å². The molecule has 0 saturated heterocycles. The second-order valence-corrected chi connectivity index (χ2v) is 3.77. The monoisotopic (exact) mass is 225 g/mol. The van der Waals surface area contributed by atoms with Crippen LogP contribution >= 0.6 is 0 Å². The van der Waals surface area contributed by atoms with Gasteiger partial charge in [0.25, 0.3) is 0 Å². The SMILES string of the molecule is c1ncc(CNc2ccc3cn[nH]c3c2)cn1. The zero-order valence-corrected chi connectivity index (χ0v) is 9.09. The number of aromatic nitrogens is 4. The summed E-state index contributed by atoms with van der Waals surface area (Å²) in [7, 11) is 0. The molecule has 5 heteroatoms. The lowest BCUT2D eigenvalue weighted by atomic mass is 10.2. The van der Waals surface area contributed by atoms with Crippen molar-refractivity contribution in [3.63, 3.8) is 0 Å². The Kier molecular flexibility index (Phi) is 2.42. The van der Waals surface area contributed by atoms with Gasteiger partial charge in [0, 0.05) is 35.6 Å². The van der Waals surface area contributed by atoms with Gasteiger partial charge in [0.1, 0.15) is 6.33 Å². The summed E-state index contributed by atoms with van der Waals surface area (Å²) in [4.78, 5) is 7.94. The van der Waals surface area contributed by atoms with Gasteiger partial charge in [-0.2, -0.15) is 5.10 Å². The van der Waals surface area contributed by atoms with E-state index in [1.165, 1.54) is 6.33 Å². The Morgan fingerprint density at radius 1 is 1.12 bits per heavy atom. The van der Waals surface area contributed by atoms with Gasteiger partial charge in [0.2, 0.25) is 0 Å². The first-order valence-corrected chi connectivity index (χ1v) is 5.33. The van der Waals surface area contributed by atoms with Crippen molar-refractivity contribution in [3.8, 4) is 0 Å². The molecule has 2 aromatic heterocycles. The second kappa shape index (κ2) is 4.21. The minimum absolute atomic E-state index is 0.709. The Morgan fingerprint density at radius 2 is 2.00 bits per heavy atom. The van der Waals surface area contributed by atoms with Gasteiger partial charge in [-0.3, -0.25) is 5.10 Å². The summed E-state index contributed by atoms with van der Waals surface area (Å²) in [6.45, 7) is 0.709. The summed E-state index contributed by atoms with van der Waals surface area (Å²) < 4.78 is 0. The summed E-state index contributed by atoms with van der Waals surface area (Å²) in [5.41, 5.74) is 3.13. The van der Waals surface area contributed by atoms with Gasteiger partial charge in [0.05, 0.1) is 11.7 Å². The van der Waals surface area contributed by atoms with E-state index in [9.17, 15) is 0 Å². The molecule has 0 fully saturated rings. The number of hydrogen-bond acceptors (Lipinski definition) is 4. The van der Waals surface area contributed by atoms with Crippen molar-refractivity contribution in [1.29, 1.82) is 0 Å². The summed E-state index contributed by atoms with van der Waals surface area (Å²) in [5, 5.41) is 11.4. The molecule has 5 nitrogen and oxygen atoms in total. The quantitative estimate of drug-likeness (QED) is 0.715. The maximum atomic E-state index is 3.99. The van der Waals surface area contributed by atoms with Gasteiger partial charge in [0.15, 0.2) is 0 Å². The van der Waals surface area contributed by atoms with Crippen LogP contribution in [-0.4, -0.2) is 20.2 Å². The average Bonchev–Trinajstić information content (AvgIpc) is 2.85. The second-order valence-electron chi connectivity index (χ2n) is 3.77. The minimum atomic E-state index is 0.709. The summed E-state index contributed by atoms with van der Waals surface area (Å²) in [6, 6.07) is 6.09. The van der Waals surface area contributed by atoms with Crippen LogP contribution in [-0.2, 0) is 6.54 Å². The third-order valence-corrected chi connectivity index (χ3v) is 2.55. The average molecular weight is 225 g/mol. The first kappa shape index (κ1) is 9.77. The third kappa shape index (κ3) is 2.08. The van der Waals surface area contributed by atoms with Crippen LogP contribution in [0.25, 0.3) is 10.9 Å². The van der Waals surface area contributed by atoms with Gasteiger partial charge in [-0.25, -0.2) is 9.97 Å². The Balaban J connectivity index is 1.76. The van der Waals surface area contributed by atoms with Gasteiger partial charge >= 0.3 is 0 Å². The maximum Gasteiger partial charge on any atom is 0.115 e. The van der Waals surface area contributed by atoms with E-state index < -0.39 is 0 Å². The Morgan fingerprint density at radius 3 is 2.88 bits per heavy atom. The summed E-state index contributed by atoms with van der Waals surface area (Å²) in [5.74, 6) is 0. The largest absolute Gasteiger partial charge is 0.381 e. The molecule has 17 heavy (non-hydrogen) atoms. The maximum absolute atomic E-state index is 3.99. The van der Waals surface area contributed by atoms with Crippen molar-refractivity contribution in [2.24, 2.45) is 0 Å². The Labute approximate surface area is 97.9 Å². The molecule has 2 heterocycles. The summed E-state index contributed by atoms with van der Waals surface area (Å²) in [6.07, 6.45) is 6.94. The number of benzene rings is 1. The molecule has 0 amide bonds. The molecule has 0 aliphatic carbocycles. The van der Waals surface area contributed by atoms with E-state index in [1.54, 1.807) is 12.4 Å². The van der Waals surface area contributed by atoms with Gasteiger partial charge in [-0.1, -0.05) is 0 Å². The van der Waals surface area contributed by atoms with Crippen LogP contribution in [0.15, 0.2) is 43.1 Å². The molecule has 0 saturated carbocycles. The van der Waals surface area contributed by atoms with Crippen LogP contribution in [0.4, 0.5) is 5.69 Å². The van der Waals surface area contributed by atoms with E-state index in [2.05, 4.69) is 25.5 Å². The van der Waals surface area contributed by atoms with Crippen LogP contribution in [0.5, 0.6) is 0 Å². The zero-order chi connectivity index (χ0) is 11.5. The van der Waals surface area contributed by atoms with Crippen molar-refractivity contribution >= 4 is 16.6 Å². The lowest BCUT2D eigenvalue weighted by Gasteiger charge is -2.05. The first-order valence-electron chi connectivity index (χ1n) is 5.33. The van der Waals surface area contributed by atoms with E-state index in [-0.39, 0.29) is 0 Å². The lowest BCUT2D eigenvalue weighted by molar-refractivity contribution is 1.05. The first-order chi connectivity index (χ1) is 8.42. The number of nitrogens with zero attached hydrogens (tertiary/aromatic N) is 3. The minimum Gasteiger partial charge on any atom is -0.381 e. The fourth-order valence-corrected chi connectivity index (χ4v) is 1.67. The van der Waals surface area contributed by atoms with Gasteiger partial charge < -0.3 is 5.32 Å². The number of H-pyrrole nitrogens is 1. The van der Waals surface area contributed by atoms with Gasteiger partial charge in [-0.15, -0.1) is 0 Å². The molecule has 3 rings (SSSR count). The number of rotatable bonds is 3. The molecule has 2 N–H and O–H groups in total. The highest BCUT2D eigenvalue weighted by Gasteiger charge is 1.98. The van der Waals surface area contributed by atoms with E-state index in [1.807, 2.05) is 24.4 Å². The van der Waals surface area contributed by atoms with E-state index in [0.29, 0.717) is 6.54 Å². The summed E-state index contributed by atoms with van der Waals surface area (Å²) >= 11 is 0. The molecule has 0 spiro atoms. The molecular formula is C12H11N5. The van der Waals surface area contributed by atoms with Crippen LogP contribution in [0, 0.1) is 0 Å². The van der Waals surface area contributed by atoms with Crippen LogP contribution in [0.3, 0.4) is 0 Å². The number of anilines is 1. The predicted molar refractivity (Wildman–Crippen MR) is 65.5 cm³/mol. The van der Waals surface area contributed by atoms with Crippen molar-refractivity contribution in [1.82, 2.24) is 20.2 Å². The number of aromatic amines is 1. The smallest absolute Gasteiger partial charge is 0.115 e. The number of fused-ring (bicyclic) bond motifs is 1. The molecular weight excluding hydrogens is 214 g/mol. The van der Waals surface area contributed by atoms with Crippen LogP contribution in [0.2, 0.25) is 0 Å². The molecule has 0 aliphatic heterocycles. The van der Waals surface area contributed by atoms with Crippen LogP contribution < -0.4 is 5.32 Å². The molecule has 1 aromatic carbocycles. The predicted octanol–water partition coefficient (Wildman–Crippen LogP) is 1.96. The fourth-order valence-electron chi connectivity index (χ4n) is 1.67. The van der Waals surface area contributed by atoms with Gasteiger partial charge in [-0.05, 0) is 18.2 Å². The Bertz CT molecular complexity index is 617. The van der Waals surface area contributed by atoms with E-state index in [0.717, 1.165) is 22.2 Å². The lowest BCUT2D eigenvalue weighted by Crippen LogP contribution is -1.99. The highest BCUT2D eigenvalue weighted by molar-refractivity contribution is 5.81. The van der Waals surface area contributed by atoms with E-state index >= 15 is 0 Å². The Hall–Kier alpha value is -2.43. The fraction of sp³-hybridized carbons (Fsp3) is 0.0833. The highest BCUT2D eigenvalue weighted by Crippen LogP contribution is 2.16. The third-order valence-electron chi connectivity index (χ3n) is 2.55. The number of nitrogens with one attached hydrogen (secondary N) is 2.